The summed E-state index contributed by atoms with van der Waals surface area (Å²) in [5, 5.41) is 0.751. The van der Waals surface area contributed by atoms with Gasteiger partial charge in [-0.1, -0.05) is 17.7 Å². The highest BCUT2D eigenvalue weighted by Crippen LogP contribution is 2.31. The third-order valence-electron chi connectivity index (χ3n) is 2.50. The van der Waals surface area contributed by atoms with Crippen LogP contribution >= 0.6 is 24.2 Å². The lowest BCUT2D eigenvalue weighted by molar-refractivity contribution is -0.117. The molecule has 15 heavy (non-hydrogen) atoms. The molecule has 0 spiro atoms. The van der Waals surface area contributed by atoms with Gasteiger partial charge in [0.1, 0.15) is 0 Å². The molecule has 0 radical (unpaired) electrons. The molecule has 1 saturated heterocycles. The van der Waals surface area contributed by atoms with Gasteiger partial charge in [0.15, 0.2) is 0 Å². The molecular weight excluding hydrogens is 230 g/mol. The second kappa shape index (κ2) is 4.06. The molecular formula is C11H12ClNOS. The molecule has 0 saturated carbocycles. The number of hydrogen-bond donors (Lipinski definition) is 1. The standard InChI is InChI=1S/C11H12ClNOS/c1-7-2-3-10(9(12)4-7)13-6-8(15)5-11(13)14/h2-4,8,15H,5-6H2,1H3. The van der Waals surface area contributed by atoms with Crippen LogP contribution in [-0.2, 0) is 4.79 Å². The number of aryl methyl sites for hydroxylation is 1. The predicted octanol–water partition coefficient (Wildman–Crippen LogP) is 2.68. The van der Waals surface area contributed by atoms with Crippen molar-refractivity contribution in [2.24, 2.45) is 0 Å². The third-order valence-corrected chi connectivity index (χ3v) is 3.15. The zero-order chi connectivity index (χ0) is 11.0. The summed E-state index contributed by atoms with van der Waals surface area (Å²) in [4.78, 5) is 13.3. The summed E-state index contributed by atoms with van der Waals surface area (Å²) in [5.74, 6) is 0.0979. The minimum Gasteiger partial charge on any atom is -0.310 e. The minimum atomic E-state index is 0.0979. The van der Waals surface area contributed by atoms with Gasteiger partial charge in [-0.3, -0.25) is 4.79 Å². The largest absolute Gasteiger partial charge is 0.310 e. The first-order chi connectivity index (χ1) is 7.08. The molecule has 1 atom stereocenters. The smallest absolute Gasteiger partial charge is 0.228 e. The number of amides is 1. The second-order valence-electron chi connectivity index (χ2n) is 3.82. The van der Waals surface area contributed by atoms with Gasteiger partial charge >= 0.3 is 0 Å². The fourth-order valence-corrected chi connectivity index (χ4v) is 2.41. The molecule has 1 fully saturated rings. The fourth-order valence-electron chi connectivity index (χ4n) is 1.75. The van der Waals surface area contributed by atoms with Crippen molar-refractivity contribution in [3.05, 3.63) is 28.8 Å². The van der Waals surface area contributed by atoms with Gasteiger partial charge in [-0.25, -0.2) is 0 Å². The topological polar surface area (TPSA) is 20.3 Å². The van der Waals surface area contributed by atoms with E-state index < -0.39 is 0 Å². The van der Waals surface area contributed by atoms with E-state index in [0.29, 0.717) is 18.0 Å². The lowest BCUT2D eigenvalue weighted by Crippen LogP contribution is -2.24. The van der Waals surface area contributed by atoms with Crippen LogP contribution in [0.2, 0.25) is 5.02 Å². The Bertz CT molecular complexity index is 408. The van der Waals surface area contributed by atoms with Crippen LogP contribution in [0, 0.1) is 6.92 Å². The summed E-state index contributed by atoms with van der Waals surface area (Å²) in [5.41, 5.74) is 1.89. The first-order valence-corrected chi connectivity index (χ1v) is 5.72. The van der Waals surface area contributed by atoms with Crippen LogP contribution < -0.4 is 4.90 Å². The van der Waals surface area contributed by atoms with E-state index in [9.17, 15) is 4.79 Å². The Balaban J connectivity index is 2.34. The van der Waals surface area contributed by atoms with E-state index in [2.05, 4.69) is 12.6 Å². The summed E-state index contributed by atoms with van der Waals surface area (Å²) in [6, 6.07) is 5.72. The van der Waals surface area contributed by atoms with Gasteiger partial charge in [0.25, 0.3) is 0 Å². The van der Waals surface area contributed by atoms with Crippen molar-refractivity contribution in [2.45, 2.75) is 18.6 Å². The first kappa shape index (κ1) is 10.8. The first-order valence-electron chi connectivity index (χ1n) is 4.82. The minimum absolute atomic E-state index is 0.0979. The number of hydrogen-bond acceptors (Lipinski definition) is 2. The molecule has 1 aromatic carbocycles. The number of carbonyl (C=O) groups is 1. The molecule has 80 valence electrons. The van der Waals surface area contributed by atoms with Crippen LogP contribution in [0.1, 0.15) is 12.0 Å². The fraction of sp³-hybridized carbons (Fsp3) is 0.364. The Morgan fingerprint density at radius 3 is 2.80 bits per heavy atom. The molecule has 1 aliphatic rings. The average Bonchev–Trinajstić information content (AvgIpc) is 2.45. The maximum Gasteiger partial charge on any atom is 0.228 e. The van der Waals surface area contributed by atoms with Gasteiger partial charge in [-0.05, 0) is 24.6 Å². The monoisotopic (exact) mass is 241 g/mol. The zero-order valence-electron chi connectivity index (χ0n) is 8.40. The van der Waals surface area contributed by atoms with Crippen LogP contribution in [0.5, 0.6) is 0 Å². The third kappa shape index (κ3) is 2.13. The van der Waals surface area contributed by atoms with Crippen LogP contribution in [0.25, 0.3) is 0 Å². The average molecular weight is 242 g/mol. The maximum absolute atomic E-state index is 11.6. The molecule has 1 aromatic rings. The summed E-state index contributed by atoms with van der Waals surface area (Å²) >= 11 is 10.4. The van der Waals surface area contributed by atoms with Crippen molar-refractivity contribution >= 4 is 35.8 Å². The van der Waals surface area contributed by atoms with Gasteiger partial charge in [0.2, 0.25) is 5.91 Å². The van der Waals surface area contributed by atoms with Crippen molar-refractivity contribution in [1.82, 2.24) is 0 Å². The Kier molecular flexibility index (Phi) is 2.94. The second-order valence-corrected chi connectivity index (χ2v) is 4.95. The van der Waals surface area contributed by atoms with Gasteiger partial charge in [-0.15, -0.1) is 0 Å². The van der Waals surface area contributed by atoms with Crippen LogP contribution in [-0.4, -0.2) is 17.7 Å². The lowest BCUT2D eigenvalue weighted by atomic mass is 10.2. The number of halogens is 1. The molecule has 2 rings (SSSR count). The van der Waals surface area contributed by atoms with E-state index in [0.717, 1.165) is 11.3 Å². The zero-order valence-corrected chi connectivity index (χ0v) is 10.1. The van der Waals surface area contributed by atoms with E-state index >= 15 is 0 Å². The molecule has 1 aliphatic heterocycles. The van der Waals surface area contributed by atoms with Crippen molar-refractivity contribution in [3.63, 3.8) is 0 Å². The molecule has 1 amide bonds. The number of thiol groups is 1. The maximum atomic E-state index is 11.6. The van der Waals surface area contributed by atoms with Gasteiger partial charge in [-0.2, -0.15) is 12.6 Å². The molecule has 0 aromatic heterocycles. The van der Waals surface area contributed by atoms with Crippen molar-refractivity contribution < 1.29 is 4.79 Å². The van der Waals surface area contributed by atoms with Crippen LogP contribution in [0.3, 0.4) is 0 Å². The van der Waals surface area contributed by atoms with E-state index in [1.165, 1.54) is 0 Å². The van der Waals surface area contributed by atoms with Crippen molar-refractivity contribution in [3.8, 4) is 0 Å². The normalized spacial score (nSPS) is 21.1. The van der Waals surface area contributed by atoms with E-state index in [1.54, 1.807) is 4.90 Å². The van der Waals surface area contributed by atoms with Gasteiger partial charge in [0.05, 0.1) is 10.7 Å². The number of nitrogens with zero attached hydrogens (tertiary/aromatic N) is 1. The number of rotatable bonds is 1. The van der Waals surface area contributed by atoms with Crippen LogP contribution in [0.15, 0.2) is 18.2 Å². The number of anilines is 1. The Morgan fingerprint density at radius 1 is 1.53 bits per heavy atom. The molecule has 0 aliphatic carbocycles. The van der Waals surface area contributed by atoms with E-state index in [1.807, 2.05) is 25.1 Å². The number of carbonyl (C=O) groups excluding carboxylic acids is 1. The summed E-state index contributed by atoms with van der Waals surface area (Å²) in [6.07, 6.45) is 0.493. The van der Waals surface area contributed by atoms with E-state index in [4.69, 9.17) is 11.6 Å². The number of benzene rings is 1. The SMILES string of the molecule is Cc1ccc(N2CC(S)CC2=O)c(Cl)c1. The molecule has 2 nitrogen and oxygen atoms in total. The summed E-state index contributed by atoms with van der Waals surface area (Å²) in [7, 11) is 0. The Morgan fingerprint density at radius 2 is 2.27 bits per heavy atom. The Hall–Kier alpha value is -0.670. The van der Waals surface area contributed by atoms with Crippen LogP contribution in [0.4, 0.5) is 5.69 Å². The summed E-state index contributed by atoms with van der Waals surface area (Å²) < 4.78 is 0. The van der Waals surface area contributed by atoms with E-state index in [-0.39, 0.29) is 11.2 Å². The predicted molar refractivity (Wildman–Crippen MR) is 65.9 cm³/mol. The Labute approximate surface area is 99.6 Å². The molecule has 1 heterocycles. The van der Waals surface area contributed by atoms with Crippen molar-refractivity contribution in [2.75, 3.05) is 11.4 Å². The van der Waals surface area contributed by atoms with Gasteiger partial charge < -0.3 is 4.90 Å². The molecule has 4 heteroatoms. The highest BCUT2D eigenvalue weighted by atomic mass is 35.5. The lowest BCUT2D eigenvalue weighted by Gasteiger charge is -2.17. The summed E-state index contributed by atoms with van der Waals surface area (Å²) in [6.45, 7) is 2.62. The molecule has 0 N–H and O–H groups in total. The molecule has 1 unspecified atom stereocenters. The highest BCUT2D eigenvalue weighted by molar-refractivity contribution is 7.81. The van der Waals surface area contributed by atoms with Crippen molar-refractivity contribution in [1.29, 1.82) is 0 Å². The quantitative estimate of drug-likeness (QED) is 0.750. The molecule has 0 bridgehead atoms. The van der Waals surface area contributed by atoms with Gasteiger partial charge in [0, 0.05) is 18.2 Å². The highest BCUT2D eigenvalue weighted by Gasteiger charge is 2.29.